The molecule has 0 atom stereocenters. The Hall–Kier alpha value is -1.86. The van der Waals surface area contributed by atoms with Gasteiger partial charge in [-0.25, -0.2) is 15.4 Å². The van der Waals surface area contributed by atoms with E-state index in [-0.39, 0.29) is 11.7 Å². The van der Waals surface area contributed by atoms with Crippen LogP contribution in [0.2, 0.25) is 0 Å². The van der Waals surface area contributed by atoms with Crippen molar-refractivity contribution in [2.75, 3.05) is 12.0 Å². The van der Waals surface area contributed by atoms with Crippen molar-refractivity contribution < 1.29 is 4.79 Å². The van der Waals surface area contributed by atoms with Crippen LogP contribution in [-0.2, 0) is 4.79 Å². The lowest BCUT2D eigenvalue weighted by Crippen LogP contribution is -2.19. The van der Waals surface area contributed by atoms with Crippen LogP contribution in [0.3, 0.4) is 0 Å². The number of rotatable bonds is 6. The molecule has 7 heteroatoms. The SMILES string of the molecule is CSc1ccc(C=NNC(=O)CSc2nc(C)cc(C)n2)cc1. The van der Waals surface area contributed by atoms with Gasteiger partial charge in [-0.05, 0) is 43.9 Å². The Bertz CT molecular complexity index is 681. The predicted molar refractivity (Wildman–Crippen MR) is 96.2 cm³/mol. The van der Waals surface area contributed by atoms with Crippen molar-refractivity contribution in [2.24, 2.45) is 5.10 Å². The normalized spacial score (nSPS) is 10.9. The van der Waals surface area contributed by atoms with Crippen LogP contribution in [-0.4, -0.2) is 34.1 Å². The molecular weight excluding hydrogens is 328 g/mol. The highest BCUT2D eigenvalue weighted by Crippen LogP contribution is 2.14. The molecule has 0 aliphatic carbocycles. The lowest BCUT2D eigenvalue weighted by Gasteiger charge is -2.02. The van der Waals surface area contributed by atoms with E-state index < -0.39 is 0 Å². The number of thioether (sulfide) groups is 2. The number of hydrazone groups is 1. The summed E-state index contributed by atoms with van der Waals surface area (Å²) in [7, 11) is 0. The van der Waals surface area contributed by atoms with Crippen molar-refractivity contribution in [1.29, 1.82) is 0 Å². The van der Waals surface area contributed by atoms with Gasteiger partial charge in [-0.2, -0.15) is 5.10 Å². The van der Waals surface area contributed by atoms with Gasteiger partial charge >= 0.3 is 0 Å². The van der Waals surface area contributed by atoms with Crippen LogP contribution in [0, 0.1) is 13.8 Å². The molecule has 0 bridgehead atoms. The minimum Gasteiger partial charge on any atom is -0.272 e. The summed E-state index contributed by atoms with van der Waals surface area (Å²) in [5, 5.41) is 4.56. The standard InChI is InChI=1S/C16H18N4OS2/c1-11-8-12(2)19-16(18-11)23-10-15(21)20-17-9-13-4-6-14(22-3)7-5-13/h4-9H,10H2,1-3H3,(H,20,21). The highest BCUT2D eigenvalue weighted by atomic mass is 32.2. The van der Waals surface area contributed by atoms with E-state index in [1.54, 1.807) is 18.0 Å². The Labute approximate surface area is 144 Å². The average molecular weight is 346 g/mol. The maximum absolute atomic E-state index is 11.8. The summed E-state index contributed by atoms with van der Waals surface area (Å²) >= 11 is 2.98. The first-order valence-corrected chi connectivity index (χ1v) is 9.19. The molecule has 1 aromatic heterocycles. The first-order valence-electron chi connectivity index (χ1n) is 6.98. The topological polar surface area (TPSA) is 67.2 Å². The van der Waals surface area contributed by atoms with Crippen LogP contribution in [0.5, 0.6) is 0 Å². The summed E-state index contributed by atoms with van der Waals surface area (Å²) in [5.74, 6) is 0.0424. The van der Waals surface area contributed by atoms with Gasteiger partial charge in [0, 0.05) is 16.3 Å². The van der Waals surface area contributed by atoms with E-state index in [1.807, 2.05) is 50.4 Å². The van der Waals surface area contributed by atoms with Crippen LogP contribution in [0.15, 0.2) is 45.5 Å². The Morgan fingerprint density at radius 1 is 1.22 bits per heavy atom. The Morgan fingerprint density at radius 2 is 1.87 bits per heavy atom. The molecule has 1 heterocycles. The molecule has 0 unspecified atom stereocenters. The van der Waals surface area contributed by atoms with E-state index in [9.17, 15) is 4.79 Å². The smallest absolute Gasteiger partial charge is 0.250 e. The summed E-state index contributed by atoms with van der Waals surface area (Å²) in [6.07, 6.45) is 3.65. The molecule has 0 aliphatic heterocycles. The van der Waals surface area contributed by atoms with Gasteiger partial charge in [0.05, 0.1) is 12.0 Å². The van der Waals surface area contributed by atoms with Crippen molar-refractivity contribution in [3.63, 3.8) is 0 Å². The summed E-state index contributed by atoms with van der Waals surface area (Å²) in [5.41, 5.74) is 5.24. The number of benzene rings is 1. The zero-order chi connectivity index (χ0) is 16.7. The van der Waals surface area contributed by atoms with Crippen molar-refractivity contribution in [3.05, 3.63) is 47.3 Å². The zero-order valence-electron chi connectivity index (χ0n) is 13.2. The monoisotopic (exact) mass is 346 g/mol. The van der Waals surface area contributed by atoms with Gasteiger partial charge in [0.1, 0.15) is 0 Å². The Kier molecular flexibility index (Phi) is 6.61. The fraction of sp³-hybridized carbons (Fsp3) is 0.250. The third-order valence-corrected chi connectivity index (χ3v) is 4.40. The summed E-state index contributed by atoms with van der Waals surface area (Å²) in [4.78, 5) is 21.5. The van der Waals surface area contributed by atoms with Gasteiger partial charge in [0.15, 0.2) is 5.16 Å². The molecule has 0 spiro atoms. The molecule has 5 nitrogen and oxygen atoms in total. The van der Waals surface area contributed by atoms with Crippen LogP contribution >= 0.6 is 23.5 Å². The summed E-state index contributed by atoms with van der Waals surface area (Å²) < 4.78 is 0. The van der Waals surface area contributed by atoms with E-state index in [2.05, 4.69) is 20.5 Å². The number of hydrogen-bond acceptors (Lipinski definition) is 6. The molecule has 0 radical (unpaired) electrons. The van der Waals surface area contributed by atoms with Gasteiger partial charge in [-0.1, -0.05) is 23.9 Å². The quantitative estimate of drug-likeness (QED) is 0.377. The van der Waals surface area contributed by atoms with Gasteiger partial charge in [-0.15, -0.1) is 11.8 Å². The number of nitrogens with zero attached hydrogens (tertiary/aromatic N) is 3. The molecule has 23 heavy (non-hydrogen) atoms. The lowest BCUT2D eigenvalue weighted by molar-refractivity contribution is -0.118. The fourth-order valence-electron chi connectivity index (χ4n) is 1.79. The number of nitrogens with one attached hydrogen (secondary N) is 1. The molecule has 0 saturated carbocycles. The minimum atomic E-state index is -0.185. The van der Waals surface area contributed by atoms with Crippen molar-refractivity contribution >= 4 is 35.6 Å². The Balaban J connectivity index is 1.81. The zero-order valence-corrected chi connectivity index (χ0v) is 14.9. The number of aryl methyl sites for hydroxylation is 2. The van der Waals surface area contributed by atoms with Gasteiger partial charge in [0.2, 0.25) is 0 Å². The molecule has 1 amide bonds. The molecule has 1 N–H and O–H groups in total. The number of hydrogen-bond donors (Lipinski definition) is 1. The van der Waals surface area contributed by atoms with Crippen LogP contribution in [0.25, 0.3) is 0 Å². The van der Waals surface area contributed by atoms with Crippen molar-refractivity contribution in [3.8, 4) is 0 Å². The molecule has 0 saturated heterocycles. The molecule has 0 fully saturated rings. The highest BCUT2D eigenvalue weighted by Gasteiger charge is 2.05. The second-order valence-corrected chi connectivity index (χ2v) is 6.61. The second-order valence-electron chi connectivity index (χ2n) is 4.79. The second kappa shape index (κ2) is 8.69. The number of amides is 1. The lowest BCUT2D eigenvalue weighted by atomic mass is 10.2. The highest BCUT2D eigenvalue weighted by molar-refractivity contribution is 7.99. The van der Waals surface area contributed by atoms with E-state index in [4.69, 9.17) is 0 Å². The van der Waals surface area contributed by atoms with Gasteiger partial charge in [0.25, 0.3) is 5.91 Å². The summed E-state index contributed by atoms with van der Waals surface area (Å²) in [6, 6.07) is 9.85. The minimum absolute atomic E-state index is 0.185. The number of carbonyl (C=O) groups is 1. The maximum atomic E-state index is 11.8. The van der Waals surface area contributed by atoms with E-state index in [0.717, 1.165) is 17.0 Å². The van der Waals surface area contributed by atoms with Crippen LogP contribution in [0.1, 0.15) is 17.0 Å². The molecular formula is C16H18N4OS2. The van der Waals surface area contributed by atoms with Gasteiger partial charge in [-0.3, -0.25) is 4.79 Å². The van der Waals surface area contributed by atoms with Crippen molar-refractivity contribution in [2.45, 2.75) is 23.9 Å². The summed E-state index contributed by atoms with van der Waals surface area (Å²) in [6.45, 7) is 3.82. The molecule has 120 valence electrons. The van der Waals surface area contributed by atoms with Crippen LogP contribution < -0.4 is 5.43 Å². The van der Waals surface area contributed by atoms with Crippen molar-refractivity contribution in [1.82, 2.24) is 15.4 Å². The first-order chi connectivity index (χ1) is 11.1. The number of carbonyl (C=O) groups excluding carboxylic acids is 1. The first kappa shape index (κ1) is 17.5. The average Bonchev–Trinajstić information content (AvgIpc) is 2.53. The molecule has 2 rings (SSSR count). The predicted octanol–water partition coefficient (Wildman–Crippen LogP) is 3.06. The maximum Gasteiger partial charge on any atom is 0.250 e. The van der Waals surface area contributed by atoms with E-state index >= 15 is 0 Å². The third-order valence-electron chi connectivity index (χ3n) is 2.81. The largest absolute Gasteiger partial charge is 0.272 e. The van der Waals surface area contributed by atoms with Crippen LogP contribution in [0.4, 0.5) is 0 Å². The third kappa shape index (κ3) is 6.03. The van der Waals surface area contributed by atoms with Gasteiger partial charge < -0.3 is 0 Å². The molecule has 1 aromatic carbocycles. The molecule has 2 aromatic rings. The Morgan fingerprint density at radius 3 is 2.48 bits per heavy atom. The number of aromatic nitrogens is 2. The van der Waals surface area contributed by atoms with E-state index in [0.29, 0.717) is 5.16 Å². The molecule has 0 aliphatic rings. The van der Waals surface area contributed by atoms with E-state index in [1.165, 1.54) is 16.7 Å². The fourth-order valence-corrected chi connectivity index (χ4v) is 2.94.